The zero-order valence-electron chi connectivity index (χ0n) is 19.6. The average molecular weight is 525 g/mol. The number of nitro benzene ring substituents is 1. The molecular formula is C26H22Cl2N4O4. The second kappa shape index (κ2) is 10.0. The Kier molecular flexibility index (Phi) is 7.01. The minimum absolute atomic E-state index is 0.0885. The molecule has 4 rings (SSSR count). The van der Waals surface area contributed by atoms with Crippen molar-refractivity contribution in [1.29, 1.82) is 0 Å². The number of hydrogen-bond donors (Lipinski definition) is 2. The van der Waals surface area contributed by atoms with Crippen molar-refractivity contribution in [3.63, 3.8) is 0 Å². The van der Waals surface area contributed by atoms with Gasteiger partial charge in [-0.3, -0.25) is 10.1 Å². The van der Waals surface area contributed by atoms with E-state index in [9.17, 15) is 15.2 Å². The van der Waals surface area contributed by atoms with Gasteiger partial charge in [0.2, 0.25) is 11.8 Å². The Balaban J connectivity index is 1.73. The van der Waals surface area contributed by atoms with Gasteiger partial charge in [-0.1, -0.05) is 47.5 Å². The number of benzene rings is 3. The van der Waals surface area contributed by atoms with Crippen LogP contribution in [-0.2, 0) is 0 Å². The SMILES string of the molecule is CC(C)(C)Oc1ccc(C=Cc2cc([N+](=O)[O-])cc3c(O)nc(Nc4ccc(Cl)c(Cl)c4)nc23)cc1. The van der Waals surface area contributed by atoms with Gasteiger partial charge in [0.25, 0.3) is 5.69 Å². The summed E-state index contributed by atoms with van der Waals surface area (Å²) in [6.45, 7) is 5.91. The van der Waals surface area contributed by atoms with E-state index in [2.05, 4.69) is 15.3 Å². The van der Waals surface area contributed by atoms with E-state index in [-0.39, 0.29) is 22.6 Å². The lowest BCUT2D eigenvalue weighted by atomic mass is 10.1. The minimum Gasteiger partial charge on any atom is -0.493 e. The first-order valence-electron chi connectivity index (χ1n) is 10.9. The van der Waals surface area contributed by atoms with E-state index in [0.29, 0.717) is 26.8 Å². The Morgan fingerprint density at radius 2 is 1.72 bits per heavy atom. The smallest absolute Gasteiger partial charge is 0.270 e. The number of rotatable bonds is 6. The molecule has 8 nitrogen and oxygen atoms in total. The maximum absolute atomic E-state index is 11.5. The van der Waals surface area contributed by atoms with Crippen molar-refractivity contribution in [2.24, 2.45) is 0 Å². The van der Waals surface area contributed by atoms with Crippen LogP contribution in [0.5, 0.6) is 11.6 Å². The highest BCUT2D eigenvalue weighted by Crippen LogP contribution is 2.33. The first-order valence-corrected chi connectivity index (χ1v) is 11.6. The van der Waals surface area contributed by atoms with Crippen LogP contribution in [0.2, 0.25) is 10.0 Å². The van der Waals surface area contributed by atoms with Gasteiger partial charge in [-0.05, 0) is 56.7 Å². The van der Waals surface area contributed by atoms with Gasteiger partial charge in [-0.2, -0.15) is 4.98 Å². The van der Waals surface area contributed by atoms with Crippen LogP contribution in [0, 0.1) is 10.1 Å². The minimum atomic E-state index is -0.531. The van der Waals surface area contributed by atoms with Gasteiger partial charge in [0, 0.05) is 23.4 Å². The van der Waals surface area contributed by atoms with E-state index in [0.717, 1.165) is 11.3 Å². The van der Waals surface area contributed by atoms with Crippen LogP contribution < -0.4 is 10.1 Å². The number of halogens is 2. The summed E-state index contributed by atoms with van der Waals surface area (Å²) in [6.07, 6.45) is 3.49. The maximum atomic E-state index is 11.5. The lowest BCUT2D eigenvalue weighted by molar-refractivity contribution is -0.384. The first-order chi connectivity index (χ1) is 17.0. The number of aromatic hydroxyl groups is 1. The van der Waals surface area contributed by atoms with Gasteiger partial charge < -0.3 is 15.2 Å². The van der Waals surface area contributed by atoms with E-state index in [4.69, 9.17) is 27.9 Å². The highest BCUT2D eigenvalue weighted by Gasteiger charge is 2.17. The molecule has 0 aliphatic rings. The second-order valence-corrected chi connectivity index (χ2v) is 9.74. The van der Waals surface area contributed by atoms with Gasteiger partial charge in [-0.25, -0.2) is 4.98 Å². The molecule has 184 valence electrons. The molecule has 0 saturated heterocycles. The molecule has 0 atom stereocenters. The van der Waals surface area contributed by atoms with Gasteiger partial charge in [0.05, 0.1) is 25.9 Å². The Labute approximate surface area is 217 Å². The quantitative estimate of drug-likeness (QED) is 0.151. The fraction of sp³-hybridized carbons (Fsp3) is 0.154. The van der Waals surface area contributed by atoms with E-state index in [1.54, 1.807) is 30.4 Å². The van der Waals surface area contributed by atoms with E-state index < -0.39 is 10.8 Å². The number of nitro groups is 1. The molecule has 0 fully saturated rings. The number of ether oxygens (including phenoxy) is 1. The van der Waals surface area contributed by atoms with Gasteiger partial charge in [0.15, 0.2) is 0 Å². The Bertz CT molecular complexity index is 1480. The standard InChI is InChI=1S/C26H22Cl2N4O4/c1-26(2,3)36-19-9-5-15(6-10-19)4-7-16-12-18(32(34)35)14-20-23(16)30-25(31-24(20)33)29-17-8-11-21(27)22(28)13-17/h4-14H,1-3H3,(H2,29,30,31,33). The number of hydrogen-bond acceptors (Lipinski definition) is 7. The monoisotopic (exact) mass is 524 g/mol. The van der Waals surface area contributed by atoms with Crippen LogP contribution in [0.15, 0.2) is 54.6 Å². The number of non-ortho nitro benzene ring substituents is 1. The molecule has 4 aromatic rings. The lowest BCUT2D eigenvalue weighted by Gasteiger charge is -2.21. The third-order valence-corrected chi connectivity index (χ3v) is 5.68. The fourth-order valence-electron chi connectivity index (χ4n) is 3.41. The molecule has 1 aromatic heterocycles. The summed E-state index contributed by atoms with van der Waals surface area (Å²) in [5.74, 6) is 0.422. The maximum Gasteiger partial charge on any atom is 0.270 e. The summed E-state index contributed by atoms with van der Waals surface area (Å²) < 4.78 is 5.84. The van der Waals surface area contributed by atoms with Crippen molar-refractivity contribution in [2.45, 2.75) is 26.4 Å². The molecule has 2 N–H and O–H groups in total. The third-order valence-electron chi connectivity index (χ3n) is 4.94. The van der Waals surface area contributed by atoms with E-state index in [1.165, 1.54) is 12.1 Å². The van der Waals surface area contributed by atoms with Crippen LogP contribution in [-0.4, -0.2) is 25.6 Å². The molecule has 36 heavy (non-hydrogen) atoms. The summed E-state index contributed by atoms with van der Waals surface area (Å²) in [4.78, 5) is 19.5. The number of nitrogens with zero attached hydrogens (tertiary/aromatic N) is 3. The highest BCUT2D eigenvalue weighted by atomic mass is 35.5. The average Bonchev–Trinajstić information content (AvgIpc) is 2.80. The van der Waals surface area contributed by atoms with Crippen LogP contribution in [0.3, 0.4) is 0 Å². The lowest BCUT2D eigenvalue weighted by Crippen LogP contribution is -2.22. The second-order valence-electron chi connectivity index (χ2n) is 8.93. The Hall–Kier alpha value is -3.88. The van der Waals surface area contributed by atoms with Crippen molar-refractivity contribution < 1.29 is 14.8 Å². The summed E-state index contributed by atoms with van der Waals surface area (Å²) in [5.41, 5.74) is 1.66. The number of aromatic nitrogens is 2. The molecule has 0 amide bonds. The van der Waals surface area contributed by atoms with E-state index >= 15 is 0 Å². The summed E-state index contributed by atoms with van der Waals surface area (Å²) in [6, 6.07) is 15.0. The van der Waals surface area contributed by atoms with Gasteiger partial charge in [-0.15, -0.1) is 0 Å². The molecular weight excluding hydrogens is 503 g/mol. The van der Waals surface area contributed by atoms with Crippen LogP contribution in [0.4, 0.5) is 17.3 Å². The normalized spacial score (nSPS) is 11.7. The summed E-state index contributed by atoms with van der Waals surface area (Å²) >= 11 is 12.0. The van der Waals surface area contributed by atoms with Crippen LogP contribution in [0.1, 0.15) is 31.9 Å². The highest BCUT2D eigenvalue weighted by molar-refractivity contribution is 6.42. The first kappa shape index (κ1) is 25.2. The predicted octanol–water partition coefficient (Wildman–Crippen LogP) is 7.64. The fourth-order valence-corrected chi connectivity index (χ4v) is 3.70. The number of anilines is 2. The largest absolute Gasteiger partial charge is 0.493 e. The summed E-state index contributed by atoms with van der Waals surface area (Å²) in [5, 5.41) is 25.9. The molecule has 1 heterocycles. The number of fused-ring (bicyclic) bond motifs is 1. The predicted molar refractivity (Wildman–Crippen MR) is 143 cm³/mol. The summed E-state index contributed by atoms with van der Waals surface area (Å²) in [7, 11) is 0. The molecule has 10 heteroatoms. The van der Waals surface area contributed by atoms with Crippen molar-refractivity contribution in [3.8, 4) is 11.6 Å². The zero-order valence-corrected chi connectivity index (χ0v) is 21.1. The molecule has 0 spiro atoms. The Morgan fingerprint density at radius 3 is 2.36 bits per heavy atom. The zero-order chi connectivity index (χ0) is 26.0. The van der Waals surface area contributed by atoms with Crippen molar-refractivity contribution in [2.75, 3.05) is 5.32 Å². The van der Waals surface area contributed by atoms with Crippen molar-refractivity contribution in [1.82, 2.24) is 9.97 Å². The topological polar surface area (TPSA) is 110 Å². The molecule has 3 aromatic carbocycles. The molecule has 0 saturated carbocycles. The molecule has 0 unspecified atom stereocenters. The molecule has 0 aliphatic carbocycles. The van der Waals surface area contributed by atoms with Gasteiger partial charge >= 0.3 is 0 Å². The molecule has 0 radical (unpaired) electrons. The Morgan fingerprint density at radius 1 is 1.00 bits per heavy atom. The third kappa shape index (κ3) is 6.02. The van der Waals surface area contributed by atoms with E-state index in [1.807, 2.05) is 45.0 Å². The molecule has 0 bridgehead atoms. The van der Waals surface area contributed by atoms with Gasteiger partial charge in [0.1, 0.15) is 11.4 Å². The number of nitrogens with one attached hydrogen (secondary N) is 1. The van der Waals surface area contributed by atoms with Crippen LogP contribution in [0.25, 0.3) is 23.1 Å². The molecule has 0 aliphatic heterocycles. The van der Waals surface area contributed by atoms with Crippen LogP contribution >= 0.6 is 23.2 Å². The van der Waals surface area contributed by atoms with Crippen molar-refractivity contribution in [3.05, 3.63) is 85.9 Å². The van der Waals surface area contributed by atoms with Crippen molar-refractivity contribution >= 4 is 63.6 Å².